The number of methoxy groups -OCH3 is 1. The van der Waals surface area contributed by atoms with E-state index >= 15 is 0 Å². The number of carbonyl (C=O) groups excluding carboxylic acids is 2. The van der Waals surface area contributed by atoms with E-state index in [0.29, 0.717) is 11.1 Å². The number of rotatable bonds is 5. The second-order valence-corrected chi connectivity index (χ2v) is 6.88. The van der Waals surface area contributed by atoms with Crippen LogP contribution in [0.25, 0.3) is 0 Å². The first-order valence-corrected chi connectivity index (χ1v) is 9.14. The van der Waals surface area contributed by atoms with Crippen molar-refractivity contribution in [3.8, 4) is 23.7 Å². The molecule has 0 bridgehead atoms. The Morgan fingerprint density at radius 3 is 2.39 bits per heavy atom. The van der Waals surface area contributed by atoms with E-state index in [0.717, 1.165) is 9.75 Å². The van der Waals surface area contributed by atoms with Gasteiger partial charge in [0, 0.05) is 16.0 Å². The molecule has 0 unspecified atom stereocenters. The minimum Gasteiger partial charge on any atom is -0.467 e. The number of hydrogen-bond acceptors (Lipinski definition) is 6. The van der Waals surface area contributed by atoms with Crippen LogP contribution in [0.1, 0.15) is 32.6 Å². The number of esters is 1. The van der Waals surface area contributed by atoms with Gasteiger partial charge in [-0.2, -0.15) is 0 Å². The molecule has 7 heteroatoms. The third-order valence-corrected chi connectivity index (χ3v) is 4.63. The van der Waals surface area contributed by atoms with Crippen molar-refractivity contribution < 1.29 is 24.5 Å². The number of nitrogens with one attached hydrogen (secondary N) is 1. The van der Waals surface area contributed by atoms with E-state index in [9.17, 15) is 14.7 Å². The Morgan fingerprint density at radius 1 is 1.14 bits per heavy atom. The molecule has 0 radical (unpaired) electrons. The standard InChI is InChI=1S/C21H19NO5S/c1-14(24)19(21(26)27-2)22-20(25)16-9-7-15(8-10-16)5-3-4-6-17-11-12-18(13-23)28-17/h7-12,14,19,23-24H,13H2,1-2H3,(H,22,25)/t14-,19+/m1/s1. The molecule has 0 saturated heterocycles. The number of ether oxygens (including phenoxy) is 1. The molecule has 0 spiro atoms. The summed E-state index contributed by atoms with van der Waals surface area (Å²) in [4.78, 5) is 25.5. The average molecular weight is 397 g/mol. The van der Waals surface area contributed by atoms with Gasteiger partial charge in [-0.1, -0.05) is 5.92 Å². The van der Waals surface area contributed by atoms with Crippen LogP contribution in [-0.2, 0) is 16.1 Å². The minimum absolute atomic E-state index is 0.00442. The Labute approximate surface area is 167 Å². The van der Waals surface area contributed by atoms with E-state index in [-0.39, 0.29) is 6.61 Å². The van der Waals surface area contributed by atoms with Gasteiger partial charge in [0.25, 0.3) is 5.91 Å². The quantitative estimate of drug-likeness (QED) is 0.522. The first kappa shape index (κ1) is 21.2. The first-order valence-electron chi connectivity index (χ1n) is 8.33. The van der Waals surface area contributed by atoms with Crippen LogP contribution >= 0.6 is 11.3 Å². The number of benzene rings is 1. The molecule has 0 aliphatic rings. The van der Waals surface area contributed by atoms with Crippen LogP contribution < -0.4 is 5.32 Å². The van der Waals surface area contributed by atoms with Crippen molar-refractivity contribution in [2.45, 2.75) is 25.7 Å². The molecule has 2 atom stereocenters. The second-order valence-electron chi connectivity index (χ2n) is 5.72. The number of aliphatic hydroxyl groups is 2. The molecule has 2 rings (SSSR count). The molecule has 1 amide bonds. The Hall–Kier alpha value is -3.10. The molecule has 0 saturated carbocycles. The summed E-state index contributed by atoms with van der Waals surface area (Å²) >= 11 is 1.41. The lowest BCUT2D eigenvalue weighted by Crippen LogP contribution is -2.48. The number of carbonyl (C=O) groups is 2. The highest BCUT2D eigenvalue weighted by atomic mass is 32.1. The molecular formula is C21H19NO5S. The summed E-state index contributed by atoms with van der Waals surface area (Å²) in [6.45, 7) is 1.39. The van der Waals surface area contributed by atoms with E-state index in [4.69, 9.17) is 5.11 Å². The number of hydrogen-bond donors (Lipinski definition) is 3. The van der Waals surface area contributed by atoms with Gasteiger partial charge in [0.15, 0.2) is 6.04 Å². The summed E-state index contributed by atoms with van der Waals surface area (Å²) in [6.07, 6.45) is -1.09. The Kier molecular flexibility index (Phi) is 7.79. The SMILES string of the molecule is COC(=O)[C@@H](NC(=O)c1ccc(C#CC#Cc2ccc(CO)s2)cc1)[C@@H](C)O. The first-order chi connectivity index (χ1) is 13.4. The van der Waals surface area contributed by atoms with Crippen LogP contribution in [0.4, 0.5) is 0 Å². The van der Waals surface area contributed by atoms with Gasteiger partial charge in [0.05, 0.1) is 24.7 Å². The molecular weight excluding hydrogens is 378 g/mol. The van der Waals surface area contributed by atoms with Crippen LogP contribution in [0.5, 0.6) is 0 Å². The fourth-order valence-electron chi connectivity index (χ4n) is 2.16. The zero-order valence-corrected chi connectivity index (χ0v) is 16.2. The summed E-state index contributed by atoms with van der Waals surface area (Å²) < 4.78 is 4.57. The van der Waals surface area contributed by atoms with Gasteiger partial charge in [-0.25, -0.2) is 4.79 Å². The van der Waals surface area contributed by atoms with Crippen LogP contribution in [0.2, 0.25) is 0 Å². The fourth-order valence-corrected chi connectivity index (χ4v) is 2.88. The van der Waals surface area contributed by atoms with Gasteiger partial charge < -0.3 is 20.3 Å². The molecule has 0 aliphatic heterocycles. The normalized spacial score (nSPS) is 11.9. The summed E-state index contributed by atoms with van der Waals surface area (Å²) in [5.41, 5.74) is 0.995. The lowest BCUT2D eigenvalue weighted by Gasteiger charge is -2.18. The summed E-state index contributed by atoms with van der Waals surface area (Å²) in [7, 11) is 1.18. The molecule has 144 valence electrons. The highest BCUT2D eigenvalue weighted by Crippen LogP contribution is 2.14. The molecule has 0 aliphatic carbocycles. The van der Waals surface area contributed by atoms with E-state index < -0.39 is 24.0 Å². The van der Waals surface area contributed by atoms with Gasteiger partial charge in [0.1, 0.15) is 0 Å². The van der Waals surface area contributed by atoms with Crippen LogP contribution in [0, 0.1) is 23.7 Å². The summed E-state index contributed by atoms with van der Waals surface area (Å²) in [5, 5.41) is 21.1. The molecule has 2 aromatic rings. The largest absolute Gasteiger partial charge is 0.467 e. The number of thiophene rings is 1. The number of aliphatic hydroxyl groups excluding tert-OH is 2. The van der Waals surface area contributed by atoms with Crippen molar-refractivity contribution in [2.75, 3.05) is 7.11 Å². The maximum Gasteiger partial charge on any atom is 0.331 e. The Morgan fingerprint density at radius 2 is 1.82 bits per heavy atom. The van der Waals surface area contributed by atoms with Crippen LogP contribution in [0.15, 0.2) is 36.4 Å². The highest BCUT2D eigenvalue weighted by Gasteiger charge is 2.26. The van der Waals surface area contributed by atoms with Gasteiger partial charge in [-0.15, -0.1) is 11.3 Å². The van der Waals surface area contributed by atoms with Crippen molar-refractivity contribution in [3.05, 3.63) is 57.3 Å². The topological polar surface area (TPSA) is 95.9 Å². The van der Waals surface area contributed by atoms with Gasteiger partial charge in [0.2, 0.25) is 0 Å². The molecule has 1 aromatic heterocycles. The van der Waals surface area contributed by atoms with Crippen molar-refractivity contribution in [2.24, 2.45) is 0 Å². The smallest absolute Gasteiger partial charge is 0.331 e. The maximum absolute atomic E-state index is 12.2. The van der Waals surface area contributed by atoms with Crippen LogP contribution in [0.3, 0.4) is 0 Å². The van der Waals surface area contributed by atoms with Gasteiger partial charge in [-0.05, 0) is 61.1 Å². The molecule has 1 heterocycles. The maximum atomic E-state index is 12.2. The van der Waals surface area contributed by atoms with E-state index in [1.165, 1.54) is 25.4 Å². The summed E-state index contributed by atoms with van der Waals surface area (Å²) in [6, 6.07) is 8.95. The van der Waals surface area contributed by atoms with Crippen LogP contribution in [-0.4, -0.2) is 41.3 Å². The van der Waals surface area contributed by atoms with E-state index in [2.05, 4.69) is 33.7 Å². The molecule has 0 fully saturated rings. The minimum atomic E-state index is -1.14. The molecule has 3 N–H and O–H groups in total. The molecule has 28 heavy (non-hydrogen) atoms. The predicted molar refractivity (Wildman–Crippen MR) is 105 cm³/mol. The second kappa shape index (κ2) is 10.3. The summed E-state index contributed by atoms with van der Waals surface area (Å²) in [5.74, 6) is 10.0. The van der Waals surface area contributed by atoms with E-state index in [1.54, 1.807) is 24.3 Å². The Balaban J connectivity index is 2.01. The molecule has 6 nitrogen and oxygen atoms in total. The molecule has 1 aromatic carbocycles. The number of amides is 1. The zero-order chi connectivity index (χ0) is 20.5. The lowest BCUT2D eigenvalue weighted by molar-refractivity contribution is -0.145. The third kappa shape index (κ3) is 5.97. The highest BCUT2D eigenvalue weighted by molar-refractivity contribution is 7.12. The lowest BCUT2D eigenvalue weighted by atomic mass is 10.1. The van der Waals surface area contributed by atoms with Gasteiger partial charge >= 0.3 is 5.97 Å². The van der Waals surface area contributed by atoms with E-state index in [1.807, 2.05) is 12.1 Å². The zero-order valence-electron chi connectivity index (χ0n) is 15.4. The monoisotopic (exact) mass is 397 g/mol. The fraction of sp³-hybridized carbons (Fsp3) is 0.238. The Bertz CT molecular complexity index is 954. The third-order valence-electron chi connectivity index (χ3n) is 3.64. The van der Waals surface area contributed by atoms with Crippen molar-refractivity contribution in [3.63, 3.8) is 0 Å². The van der Waals surface area contributed by atoms with Gasteiger partial charge in [-0.3, -0.25) is 4.79 Å². The average Bonchev–Trinajstić information content (AvgIpc) is 3.17. The van der Waals surface area contributed by atoms with Crippen molar-refractivity contribution in [1.29, 1.82) is 0 Å². The van der Waals surface area contributed by atoms with Crippen molar-refractivity contribution >= 4 is 23.2 Å². The van der Waals surface area contributed by atoms with Crippen molar-refractivity contribution in [1.82, 2.24) is 5.32 Å². The predicted octanol–water partition coefficient (Wildman–Crippen LogP) is 1.30.